The summed E-state index contributed by atoms with van der Waals surface area (Å²) in [7, 11) is 0. The highest BCUT2D eigenvalue weighted by atomic mass is 16.5. The Hall–Kier alpha value is -3.67. The molecular formula is C21H18N4O2. The number of amides is 1. The molecular weight excluding hydrogens is 340 g/mol. The van der Waals surface area contributed by atoms with Crippen LogP contribution in [0, 0.1) is 0 Å². The van der Waals surface area contributed by atoms with Gasteiger partial charge in [-0.15, -0.1) is 0 Å². The Balaban J connectivity index is 1.47. The molecule has 0 aliphatic rings. The molecule has 0 unspecified atom stereocenters. The molecule has 0 atom stereocenters. The van der Waals surface area contributed by atoms with E-state index in [2.05, 4.69) is 15.3 Å². The van der Waals surface area contributed by atoms with E-state index in [1.165, 1.54) is 0 Å². The first-order valence-electron chi connectivity index (χ1n) is 8.67. The SMILES string of the molecule is CCOc1ccc(C(=O)Nc2ccc(-c3cn4cccnc4n3)cc2)cc1. The third kappa shape index (κ3) is 3.64. The summed E-state index contributed by atoms with van der Waals surface area (Å²) in [5.41, 5.74) is 3.09. The fourth-order valence-corrected chi connectivity index (χ4v) is 2.77. The van der Waals surface area contributed by atoms with E-state index >= 15 is 0 Å². The monoisotopic (exact) mass is 358 g/mol. The van der Waals surface area contributed by atoms with Gasteiger partial charge in [0.15, 0.2) is 0 Å². The minimum Gasteiger partial charge on any atom is -0.494 e. The van der Waals surface area contributed by atoms with E-state index in [0.29, 0.717) is 17.9 Å². The first-order valence-corrected chi connectivity index (χ1v) is 8.67. The van der Waals surface area contributed by atoms with Crippen molar-refractivity contribution in [1.29, 1.82) is 0 Å². The summed E-state index contributed by atoms with van der Waals surface area (Å²) in [6.45, 7) is 2.52. The minimum absolute atomic E-state index is 0.164. The van der Waals surface area contributed by atoms with Gasteiger partial charge in [0.25, 0.3) is 5.91 Å². The molecule has 0 spiro atoms. The van der Waals surface area contributed by atoms with Gasteiger partial charge in [-0.25, -0.2) is 9.97 Å². The molecule has 4 rings (SSSR count). The first kappa shape index (κ1) is 16.8. The highest BCUT2D eigenvalue weighted by Gasteiger charge is 2.08. The third-order valence-corrected chi connectivity index (χ3v) is 4.10. The van der Waals surface area contributed by atoms with Gasteiger partial charge in [0.2, 0.25) is 5.78 Å². The van der Waals surface area contributed by atoms with Crippen molar-refractivity contribution in [1.82, 2.24) is 14.4 Å². The number of benzene rings is 2. The molecule has 134 valence electrons. The van der Waals surface area contributed by atoms with Gasteiger partial charge in [0.05, 0.1) is 12.3 Å². The summed E-state index contributed by atoms with van der Waals surface area (Å²) in [6.07, 6.45) is 5.55. The molecule has 0 aliphatic heterocycles. The lowest BCUT2D eigenvalue weighted by molar-refractivity contribution is 0.102. The van der Waals surface area contributed by atoms with Crippen molar-refractivity contribution >= 4 is 17.4 Å². The van der Waals surface area contributed by atoms with Crippen LogP contribution < -0.4 is 10.1 Å². The van der Waals surface area contributed by atoms with Gasteiger partial charge in [-0.1, -0.05) is 12.1 Å². The van der Waals surface area contributed by atoms with Gasteiger partial charge >= 0.3 is 0 Å². The molecule has 6 heteroatoms. The average molecular weight is 358 g/mol. The minimum atomic E-state index is -0.164. The number of imidazole rings is 1. The number of hydrogen-bond donors (Lipinski definition) is 1. The zero-order valence-electron chi connectivity index (χ0n) is 14.8. The molecule has 27 heavy (non-hydrogen) atoms. The summed E-state index contributed by atoms with van der Waals surface area (Å²) in [5, 5.41) is 2.90. The number of carbonyl (C=O) groups excluding carboxylic acids is 1. The number of ether oxygens (including phenoxy) is 1. The number of hydrogen-bond acceptors (Lipinski definition) is 4. The topological polar surface area (TPSA) is 68.5 Å². The predicted molar refractivity (Wildman–Crippen MR) is 104 cm³/mol. The van der Waals surface area contributed by atoms with Crippen molar-refractivity contribution in [3.05, 3.63) is 78.8 Å². The highest BCUT2D eigenvalue weighted by Crippen LogP contribution is 2.21. The second-order valence-corrected chi connectivity index (χ2v) is 5.94. The predicted octanol–water partition coefficient (Wildman–Crippen LogP) is 4.05. The molecule has 6 nitrogen and oxygen atoms in total. The molecule has 0 aliphatic carbocycles. The maximum absolute atomic E-state index is 12.4. The lowest BCUT2D eigenvalue weighted by Crippen LogP contribution is -2.11. The van der Waals surface area contributed by atoms with Crippen molar-refractivity contribution in [2.75, 3.05) is 11.9 Å². The summed E-state index contributed by atoms with van der Waals surface area (Å²) in [4.78, 5) is 21.1. The number of nitrogens with one attached hydrogen (secondary N) is 1. The highest BCUT2D eigenvalue weighted by molar-refractivity contribution is 6.04. The molecule has 1 N–H and O–H groups in total. The van der Waals surface area contributed by atoms with E-state index in [0.717, 1.165) is 22.7 Å². The maximum atomic E-state index is 12.4. The Morgan fingerprint density at radius 2 is 1.89 bits per heavy atom. The molecule has 0 fully saturated rings. The zero-order chi connectivity index (χ0) is 18.6. The lowest BCUT2D eigenvalue weighted by Gasteiger charge is -2.07. The second kappa shape index (κ2) is 7.29. The number of anilines is 1. The van der Waals surface area contributed by atoms with Crippen LogP contribution in [0.15, 0.2) is 73.2 Å². The van der Waals surface area contributed by atoms with E-state index in [9.17, 15) is 4.79 Å². The van der Waals surface area contributed by atoms with Crippen LogP contribution in [0.4, 0.5) is 5.69 Å². The number of carbonyl (C=O) groups is 1. The van der Waals surface area contributed by atoms with Gasteiger partial charge < -0.3 is 10.1 Å². The van der Waals surface area contributed by atoms with Crippen molar-refractivity contribution < 1.29 is 9.53 Å². The quantitative estimate of drug-likeness (QED) is 0.584. The van der Waals surface area contributed by atoms with Crippen LogP contribution >= 0.6 is 0 Å². The summed E-state index contributed by atoms with van der Waals surface area (Å²) >= 11 is 0. The Morgan fingerprint density at radius 3 is 2.59 bits per heavy atom. The van der Waals surface area contributed by atoms with Crippen LogP contribution in [0.1, 0.15) is 17.3 Å². The third-order valence-electron chi connectivity index (χ3n) is 4.10. The Labute approximate surface area is 156 Å². The Bertz CT molecular complexity index is 1040. The fourth-order valence-electron chi connectivity index (χ4n) is 2.77. The van der Waals surface area contributed by atoms with Crippen molar-refractivity contribution in [3.8, 4) is 17.0 Å². The molecule has 2 heterocycles. The standard InChI is InChI=1S/C21H18N4O2/c1-2-27-18-10-6-16(7-11-18)20(26)23-17-8-4-15(5-9-17)19-14-25-13-3-12-22-21(25)24-19/h3-14H,2H2,1H3,(H,23,26). The van der Waals surface area contributed by atoms with Gasteiger partial charge in [-0.3, -0.25) is 9.20 Å². The van der Waals surface area contributed by atoms with Gasteiger partial charge in [-0.05, 0) is 49.4 Å². The van der Waals surface area contributed by atoms with E-state index < -0.39 is 0 Å². The molecule has 0 radical (unpaired) electrons. The number of aromatic nitrogens is 3. The molecule has 2 aromatic heterocycles. The average Bonchev–Trinajstić information content (AvgIpc) is 3.13. The van der Waals surface area contributed by atoms with Crippen LogP contribution in [0.25, 0.3) is 17.0 Å². The van der Waals surface area contributed by atoms with Crippen LogP contribution in [-0.4, -0.2) is 26.9 Å². The lowest BCUT2D eigenvalue weighted by atomic mass is 10.1. The fraction of sp³-hybridized carbons (Fsp3) is 0.0952. The smallest absolute Gasteiger partial charge is 0.255 e. The van der Waals surface area contributed by atoms with Crippen molar-refractivity contribution in [2.24, 2.45) is 0 Å². The van der Waals surface area contributed by atoms with Gasteiger partial charge in [0, 0.05) is 35.4 Å². The van der Waals surface area contributed by atoms with Crippen LogP contribution in [-0.2, 0) is 0 Å². The molecule has 1 amide bonds. The molecule has 4 aromatic rings. The molecule has 0 saturated carbocycles. The van der Waals surface area contributed by atoms with Crippen molar-refractivity contribution in [2.45, 2.75) is 6.92 Å². The maximum Gasteiger partial charge on any atom is 0.255 e. The van der Waals surface area contributed by atoms with Gasteiger partial charge in [0.1, 0.15) is 5.75 Å². The van der Waals surface area contributed by atoms with E-state index in [-0.39, 0.29) is 5.91 Å². The van der Waals surface area contributed by atoms with E-state index in [1.807, 2.05) is 54.0 Å². The Morgan fingerprint density at radius 1 is 1.11 bits per heavy atom. The molecule has 2 aromatic carbocycles. The number of rotatable bonds is 5. The summed E-state index contributed by atoms with van der Waals surface area (Å²) < 4.78 is 7.26. The number of fused-ring (bicyclic) bond motifs is 1. The Kier molecular flexibility index (Phi) is 4.53. The molecule has 0 bridgehead atoms. The van der Waals surface area contributed by atoms with Crippen molar-refractivity contribution in [3.63, 3.8) is 0 Å². The molecule has 0 saturated heterocycles. The second-order valence-electron chi connectivity index (χ2n) is 5.94. The van der Waals surface area contributed by atoms with Gasteiger partial charge in [-0.2, -0.15) is 0 Å². The summed E-state index contributed by atoms with van der Waals surface area (Å²) in [5.74, 6) is 1.24. The number of nitrogens with zero attached hydrogens (tertiary/aromatic N) is 3. The largest absolute Gasteiger partial charge is 0.494 e. The van der Waals surface area contributed by atoms with Crippen LogP contribution in [0.2, 0.25) is 0 Å². The zero-order valence-corrected chi connectivity index (χ0v) is 14.8. The van der Waals surface area contributed by atoms with E-state index in [4.69, 9.17) is 4.74 Å². The van der Waals surface area contributed by atoms with E-state index in [1.54, 1.807) is 30.5 Å². The first-order chi connectivity index (χ1) is 13.2. The van der Waals surface area contributed by atoms with Crippen LogP contribution in [0.5, 0.6) is 5.75 Å². The normalized spacial score (nSPS) is 10.7. The van der Waals surface area contributed by atoms with Crippen LogP contribution in [0.3, 0.4) is 0 Å². The summed E-state index contributed by atoms with van der Waals surface area (Å²) in [6, 6.07) is 16.5.